The Morgan fingerprint density at radius 1 is 1.36 bits per heavy atom. The largest absolute Gasteiger partial charge is 0.487 e. The van der Waals surface area contributed by atoms with Gasteiger partial charge in [-0.25, -0.2) is 9.78 Å². The number of aromatic nitrogens is 2. The van der Waals surface area contributed by atoms with Crippen LogP contribution in [0.15, 0.2) is 42.5 Å². The number of esters is 1. The van der Waals surface area contributed by atoms with Gasteiger partial charge in [0.15, 0.2) is 0 Å². The van der Waals surface area contributed by atoms with Crippen molar-refractivity contribution >= 4 is 17.0 Å². The number of carbonyl (C=O) groups is 1. The highest BCUT2D eigenvalue weighted by Gasteiger charge is 2.37. The van der Waals surface area contributed by atoms with Gasteiger partial charge < -0.3 is 14.0 Å². The summed E-state index contributed by atoms with van der Waals surface area (Å²) in [5.41, 5.74) is 2.55. The van der Waals surface area contributed by atoms with Crippen LogP contribution in [0.2, 0.25) is 0 Å². The fraction of sp³-hybridized carbons (Fsp3) is 0.318. The average molecular weight is 375 g/mol. The number of para-hydroxylation sites is 2. The first kappa shape index (κ1) is 18.1. The molecule has 0 saturated heterocycles. The average Bonchev–Trinajstić information content (AvgIpc) is 3.06. The van der Waals surface area contributed by atoms with E-state index in [1.165, 1.54) is 0 Å². The van der Waals surface area contributed by atoms with Crippen molar-refractivity contribution in [3.05, 3.63) is 59.4 Å². The van der Waals surface area contributed by atoms with E-state index < -0.39 is 11.6 Å². The molecule has 1 aliphatic heterocycles. The number of rotatable bonds is 3. The molecule has 6 heteroatoms. The lowest BCUT2D eigenvalue weighted by molar-refractivity contribution is 0.0480. The Hall–Kier alpha value is -3.33. The summed E-state index contributed by atoms with van der Waals surface area (Å²) >= 11 is 0. The summed E-state index contributed by atoms with van der Waals surface area (Å²) in [5.74, 6) is 0.521. The molecule has 0 spiro atoms. The second-order valence-electron chi connectivity index (χ2n) is 7.46. The number of nitrogens with zero attached hydrogens (tertiary/aromatic N) is 3. The molecule has 1 aromatic heterocycles. The summed E-state index contributed by atoms with van der Waals surface area (Å²) < 4.78 is 13.3. The molecule has 0 saturated carbocycles. The van der Waals surface area contributed by atoms with Crippen LogP contribution in [0, 0.1) is 11.3 Å². The zero-order valence-corrected chi connectivity index (χ0v) is 16.1. The van der Waals surface area contributed by atoms with Gasteiger partial charge in [0, 0.05) is 12.0 Å². The lowest BCUT2D eigenvalue weighted by Gasteiger charge is -2.38. The number of carbonyl (C=O) groups excluding carboxylic acids is 1. The van der Waals surface area contributed by atoms with E-state index in [9.17, 15) is 10.1 Å². The number of fused-ring (bicyclic) bond motifs is 2. The van der Waals surface area contributed by atoms with Gasteiger partial charge in [-0.05, 0) is 51.1 Å². The molecule has 0 bridgehead atoms. The smallest absolute Gasteiger partial charge is 0.374 e. The molecule has 4 rings (SSSR count). The van der Waals surface area contributed by atoms with Crippen molar-refractivity contribution < 1.29 is 14.3 Å². The standard InChI is InChI=1S/C22H21N3O3/c1-4-27-21(26)20-24-16-7-5-6-8-17(16)25(20)18-12-22(2,3)28-19-10-9-14(13-23)11-15(18)19/h5-11,18H,4,12H2,1-3H3/t18-/m0/s1. The van der Waals surface area contributed by atoms with Crippen molar-refractivity contribution in [2.45, 2.75) is 38.8 Å². The number of benzene rings is 2. The second kappa shape index (κ2) is 6.68. The zero-order valence-electron chi connectivity index (χ0n) is 16.1. The Bertz CT molecular complexity index is 1110. The van der Waals surface area contributed by atoms with Gasteiger partial charge in [0.1, 0.15) is 11.4 Å². The first-order chi connectivity index (χ1) is 13.4. The summed E-state index contributed by atoms with van der Waals surface area (Å²) in [6.07, 6.45) is 0.627. The molecule has 0 radical (unpaired) electrons. The minimum atomic E-state index is -0.457. The van der Waals surface area contributed by atoms with Gasteiger partial charge in [-0.2, -0.15) is 5.26 Å². The minimum absolute atomic E-state index is 0.209. The molecule has 28 heavy (non-hydrogen) atoms. The molecule has 6 nitrogen and oxygen atoms in total. The monoisotopic (exact) mass is 375 g/mol. The van der Waals surface area contributed by atoms with Crippen LogP contribution in [-0.2, 0) is 4.74 Å². The predicted molar refractivity (Wildman–Crippen MR) is 104 cm³/mol. The summed E-state index contributed by atoms with van der Waals surface area (Å²) in [6.45, 7) is 6.09. The number of hydrogen-bond acceptors (Lipinski definition) is 5. The fourth-order valence-corrected chi connectivity index (χ4v) is 3.82. The summed E-state index contributed by atoms with van der Waals surface area (Å²) in [4.78, 5) is 17.2. The van der Waals surface area contributed by atoms with E-state index in [1.54, 1.807) is 13.0 Å². The van der Waals surface area contributed by atoms with E-state index in [-0.39, 0.29) is 18.5 Å². The highest BCUT2D eigenvalue weighted by atomic mass is 16.5. The van der Waals surface area contributed by atoms with Crippen LogP contribution in [0.1, 0.15) is 55.0 Å². The molecule has 2 heterocycles. The van der Waals surface area contributed by atoms with Crippen molar-refractivity contribution in [3.63, 3.8) is 0 Å². The van der Waals surface area contributed by atoms with Crippen LogP contribution < -0.4 is 4.74 Å². The molecule has 0 fully saturated rings. The van der Waals surface area contributed by atoms with Gasteiger partial charge in [-0.15, -0.1) is 0 Å². The quantitative estimate of drug-likeness (QED) is 0.640. The maximum absolute atomic E-state index is 12.7. The van der Waals surface area contributed by atoms with E-state index in [4.69, 9.17) is 9.47 Å². The fourth-order valence-electron chi connectivity index (χ4n) is 3.82. The van der Waals surface area contributed by atoms with Crippen molar-refractivity contribution in [1.29, 1.82) is 5.26 Å². The maximum atomic E-state index is 12.7. The van der Waals surface area contributed by atoms with Crippen LogP contribution in [0.25, 0.3) is 11.0 Å². The zero-order chi connectivity index (χ0) is 19.9. The highest BCUT2D eigenvalue weighted by molar-refractivity contribution is 5.91. The molecule has 0 amide bonds. The van der Waals surface area contributed by atoms with Crippen LogP contribution in [-0.4, -0.2) is 27.7 Å². The third kappa shape index (κ3) is 2.99. The molecule has 1 atom stereocenters. The molecule has 0 aliphatic carbocycles. The van der Waals surface area contributed by atoms with Crippen molar-refractivity contribution in [3.8, 4) is 11.8 Å². The van der Waals surface area contributed by atoms with E-state index in [0.29, 0.717) is 17.7 Å². The summed E-state index contributed by atoms with van der Waals surface area (Å²) in [6, 6.07) is 15.0. The Morgan fingerprint density at radius 3 is 2.89 bits per heavy atom. The number of ether oxygens (including phenoxy) is 2. The number of nitriles is 1. The van der Waals surface area contributed by atoms with Crippen LogP contribution >= 0.6 is 0 Å². The molecular weight excluding hydrogens is 354 g/mol. The van der Waals surface area contributed by atoms with Crippen LogP contribution in [0.3, 0.4) is 0 Å². The molecule has 3 aromatic rings. The second-order valence-corrected chi connectivity index (χ2v) is 7.46. The number of imidazole rings is 1. The maximum Gasteiger partial charge on any atom is 0.374 e. The molecule has 142 valence electrons. The molecule has 1 aliphatic rings. The first-order valence-electron chi connectivity index (χ1n) is 9.30. The van der Waals surface area contributed by atoms with E-state index in [1.807, 2.05) is 54.8 Å². The van der Waals surface area contributed by atoms with Crippen molar-refractivity contribution in [2.24, 2.45) is 0 Å². The van der Waals surface area contributed by atoms with E-state index in [2.05, 4.69) is 11.1 Å². The molecule has 2 aromatic carbocycles. The first-order valence-corrected chi connectivity index (χ1v) is 9.30. The Balaban J connectivity index is 1.98. The summed E-state index contributed by atoms with van der Waals surface area (Å²) in [7, 11) is 0. The third-order valence-electron chi connectivity index (χ3n) is 4.93. The Kier molecular flexibility index (Phi) is 4.31. The normalized spacial score (nSPS) is 17.4. The molecule has 0 N–H and O–H groups in total. The van der Waals surface area contributed by atoms with Gasteiger partial charge in [-0.3, -0.25) is 0 Å². The van der Waals surface area contributed by atoms with Crippen LogP contribution in [0.4, 0.5) is 0 Å². The van der Waals surface area contributed by atoms with E-state index >= 15 is 0 Å². The van der Waals surface area contributed by atoms with Crippen molar-refractivity contribution in [1.82, 2.24) is 9.55 Å². The minimum Gasteiger partial charge on any atom is -0.487 e. The third-order valence-corrected chi connectivity index (χ3v) is 4.93. The van der Waals surface area contributed by atoms with Gasteiger partial charge in [0.25, 0.3) is 0 Å². The van der Waals surface area contributed by atoms with Gasteiger partial charge >= 0.3 is 5.97 Å². The lowest BCUT2D eigenvalue weighted by atomic mass is 9.88. The highest BCUT2D eigenvalue weighted by Crippen LogP contribution is 2.43. The summed E-state index contributed by atoms with van der Waals surface area (Å²) in [5, 5.41) is 9.36. The molecule has 0 unspecified atom stereocenters. The number of hydrogen-bond donors (Lipinski definition) is 0. The Morgan fingerprint density at radius 2 is 2.14 bits per heavy atom. The predicted octanol–water partition coefficient (Wildman–Crippen LogP) is 4.24. The van der Waals surface area contributed by atoms with Crippen molar-refractivity contribution in [2.75, 3.05) is 6.61 Å². The topological polar surface area (TPSA) is 77.1 Å². The van der Waals surface area contributed by atoms with Crippen LogP contribution in [0.5, 0.6) is 5.75 Å². The van der Waals surface area contributed by atoms with Gasteiger partial charge in [0.2, 0.25) is 5.82 Å². The lowest BCUT2D eigenvalue weighted by Crippen LogP contribution is -2.37. The Labute approximate surface area is 163 Å². The molecular formula is C22H21N3O3. The van der Waals surface area contributed by atoms with Gasteiger partial charge in [-0.1, -0.05) is 12.1 Å². The van der Waals surface area contributed by atoms with E-state index in [0.717, 1.165) is 16.6 Å². The SMILES string of the molecule is CCOC(=O)c1nc2ccccc2n1[C@H]1CC(C)(C)Oc2ccc(C#N)cc21. The van der Waals surface area contributed by atoms with Gasteiger partial charge in [0.05, 0.1) is 35.3 Å².